The van der Waals surface area contributed by atoms with Gasteiger partial charge in [0.1, 0.15) is 0 Å². The van der Waals surface area contributed by atoms with Crippen molar-refractivity contribution in [2.75, 3.05) is 0 Å². The van der Waals surface area contributed by atoms with Crippen LogP contribution in [0.25, 0.3) is 0 Å². The van der Waals surface area contributed by atoms with E-state index in [0.717, 1.165) is 24.1 Å². The summed E-state index contributed by atoms with van der Waals surface area (Å²) in [4.78, 5) is 0. The Morgan fingerprint density at radius 3 is 1.93 bits per heavy atom. The minimum atomic E-state index is -4.25. The van der Waals surface area contributed by atoms with Gasteiger partial charge in [-0.25, -0.2) is 0 Å². The summed E-state index contributed by atoms with van der Waals surface area (Å²) in [6.45, 7) is 0. The summed E-state index contributed by atoms with van der Waals surface area (Å²) in [6, 6.07) is 5.38. The second kappa shape index (κ2) is 4.02. The standard InChI is InChI=1S/C10H10F3N.ClH/c11-10(12,13)7-3-1-6(2-4-7)8-5-9(8)14;/h1-4,8-9H,5,14H2;1H/t8-,9+;/m0./s1. The third kappa shape index (κ3) is 2.63. The molecule has 1 aliphatic rings. The van der Waals surface area contributed by atoms with E-state index in [1.165, 1.54) is 12.1 Å². The minimum absolute atomic E-state index is 0. The summed E-state index contributed by atoms with van der Waals surface area (Å²) in [5.41, 5.74) is 5.91. The topological polar surface area (TPSA) is 26.0 Å². The molecule has 0 amide bonds. The van der Waals surface area contributed by atoms with Gasteiger partial charge < -0.3 is 5.73 Å². The van der Waals surface area contributed by atoms with E-state index in [1.54, 1.807) is 0 Å². The summed E-state index contributed by atoms with van der Waals surface area (Å²) in [5.74, 6) is 0.261. The Labute approximate surface area is 91.9 Å². The van der Waals surface area contributed by atoms with Gasteiger partial charge >= 0.3 is 6.18 Å². The third-order valence-electron chi connectivity index (χ3n) is 2.51. The lowest BCUT2D eigenvalue weighted by atomic mass is 10.1. The van der Waals surface area contributed by atoms with Crippen molar-refractivity contribution in [1.29, 1.82) is 0 Å². The number of hydrogen-bond acceptors (Lipinski definition) is 1. The largest absolute Gasteiger partial charge is 0.416 e. The van der Waals surface area contributed by atoms with E-state index < -0.39 is 11.7 Å². The van der Waals surface area contributed by atoms with E-state index in [9.17, 15) is 13.2 Å². The molecule has 1 fully saturated rings. The van der Waals surface area contributed by atoms with Gasteiger partial charge in [0.25, 0.3) is 0 Å². The van der Waals surface area contributed by atoms with Crippen LogP contribution in [0.3, 0.4) is 0 Å². The Hall–Kier alpha value is -0.740. The molecule has 0 heterocycles. The molecule has 1 aromatic rings. The first-order chi connectivity index (χ1) is 6.48. The molecular formula is C10H11ClF3N. The molecular weight excluding hydrogens is 227 g/mol. The molecule has 0 saturated heterocycles. The van der Waals surface area contributed by atoms with Gasteiger partial charge in [-0.05, 0) is 24.1 Å². The van der Waals surface area contributed by atoms with Crippen LogP contribution in [0.4, 0.5) is 13.2 Å². The third-order valence-corrected chi connectivity index (χ3v) is 2.51. The summed E-state index contributed by atoms with van der Waals surface area (Å²) >= 11 is 0. The van der Waals surface area contributed by atoms with Crippen molar-refractivity contribution in [3.63, 3.8) is 0 Å². The summed E-state index contributed by atoms with van der Waals surface area (Å²) in [6.07, 6.45) is -3.37. The van der Waals surface area contributed by atoms with E-state index in [4.69, 9.17) is 5.73 Å². The first kappa shape index (κ1) is 12.3. The first-order valence-electron chi connectivity index (χ1n) is 4.41. The maximum absolute atomic E-state index is 12.2. The van der Waals surface area contributed by atoms with Gasteiger partial charge in [0.15, 0.2) is 0 Å². The van der Waals surface area contributed by atoms with Crippen molar-refractivity contribution in [2.24, 2.45) is 5.73 Å². The Kier molecular flexibility index (Phi) is 3.31. The summed E-state index contributed by atoms with van der Waals surface area (Å²) in [5, 5.41) is 0. The molecule has 15 heavy (non-hydrogen) atoms. The van der Waals surface area contributed by atoms with Gasteiger partial charge in [0.2, 0.25) is 0 Å². The van der Waals surface area contributed by atoms with E-state index in [2.05, 4.69) is 0 Å². The Balaban J connectivity index is 0.00000112. The lowest BCUT2D eigenvalue weighted by Gasteiger charge is -2.06. The van der Waals surface area contributed by atoms with Crippen LogP contribution < -0.4 is 5.73 Å². The van der Waals surface area contributed by atoms with Gasteiger partial charge in [-0.2, -0.15) is 13.2 Å². The number of benzene rings is 1. The van der Waals surface area contributed by atoms with Crippen molar-refractivity contribution in [3.8, 4) is 0 Å². The van der Waals surface area contributed by atoms with Crippen LogP contribution in [0.1, 0.15) is 23.5 Å². The molecule has 0 radical (unpaired) electrons. The number of hydrogen-bond donors (Lipinski definition) is 1. The molecule has 1 aliphatic carbocycles. The molecule has 0 spiro atoms. The Bertz CT molecular complexity index is 334. The van der Waals surface area contributed by atoms with Crippen LogP contribution in [0.5, 0.6) is 0 Å². The van der Waals surface area contributed by atoms with Crippen LogP contribution in [0.15, 0.2) is 24.3 Å². The quantitative estimate of drug-likeness (QED) is 0.799. The molecule has 2 N–H and O–H groups in total. The summed E-state index contributed by atoms with van der Waals surface area (Å²) in [7, 11) is 0. The van der Waals surface area contributed by atoms with Crippen molar-refractivity contribution < 1.29 is 13.2 Å². The fourth-order valence-electron chi connectivity index (χ4n) is 1.52. The lowest BCUT2D eigenvalue weighted by Crippen LogP contribution is -2.05. The lowest BCUT2D eigenvalue weighted by molar-refractivity contribution is -0.137. The molecule has 0 unspecified atom stereocenters. The predicted octanol–water partition coefficient (Wildman–Crippen LogP) is 2.94. The van der Waals surface area contributed by atoms with Crippen molar-refractivity contribution in [2.45, 2.75) is 24.6 Å². The molecule has 2 atom stereocenters. The highest BCUT2D eigenvalue weighted by atomic mass is 35.5. The maximum atomic E-state index is 12.2. The van der Waals surface area contributed by atoms with Crippen molar-refractivity contribution in [3.05, 3.63) is 35.4 Å². The molecule has 2 rings (SSSR count). The van der Waals surface area contributed by atoms with Gasteiger partial charge in [-0.15, -0.1) is 12.4 Å². The highest BCUT2D eigenvalue weighted by Gasteiger charge is 2.36. The van der Waals surface area contributed by atoms with Crippen molar-refractivity contribution >= 4 is 12.4 Å². The van der Waals surface area contributed by atoms with E-state index in [0.29, 0.717) is 0 Å². The fraction of sp³-hybridized carbons (Fsp3) is 0.400. The fourth-order valence-corrected chi connectivity index (χ4v) is 1.52. The van der Waals surface area contributed by atoms with Crippen LogP contribution in [-0.4, -0.2) is 6.04 Å². The zero-order valence-electron chi connectivity index (χ0n) is 7.79. The van der Waals surface area contributed by atoms with Crippen LogP contribution in [-0.2, 0) is 6.18 Å². The highest BCUT2D eigenvalue weighted by molar-refractivity contribution is 5.85. The SMILES string of the molecule is Cl.N[C@@H]1C[C@H]1c1ccc(C(F)(F)F)cc1. The van der Waals surface area contributed by atoms with Gasteiger partial charge in [0.05, 0.1) is 5.56 Å². The maximum Gasteiger partial charge on any atom is 0.416 e. The predicted molar refractivity (Wildman–Crippen MR) is 54.0 cm³/mol. The number of nitrogens with two attached hydrogens (primary N) is 1. The number of rotatable bonds is 1. The second-order valence-corrected chi connectivity index (χ2v) is 3.63. The Morgan fingerprint density at radius 1 is 1.13 bits per heavy atom. The average molecular weight is 238 g/mol. The molecule has 0 bridgehead atoms. The zero-order valence-corrected chi connectivity index (χ0v) is 8.61. The zero-order chi connectivity index (χ0) is 10.3. The summed E-state index contributed by atoms with van der Waals surface area (Å²) < 4.78 is 36.6. The van der Waals surface area contributed by atoms with Gasteiger partial charge in [-0.3, -0.25) is 0 Å². The number of alkyl halides is 3. The minimum Gasteiger partial charge on any atom is -0.327 e. The molecule has 5 heteroatoms. The van der Waals surface area contributed by atoms with Gasteiger partial charge in [-0.1, -0.05) is 12.1 Å². The van der Waals surface area contributed by atoms with Crippen molar-refractivity contribution in [1.82, 2.24) is 0 Å². The molecule has 1 nitrogen and oxygen atoms in total. The van der Waals surface area contributed by atoms with Crippen LogP contribution in [0.2, 0.25) is 0 Å². The second-order valence-electron chi connectivity index (χ2n) is 3.63. The van der Waals surface area contributed by atoms with E-state index in [-0.39, 0.29) is 24.4 Å². The number of halogens is 4. The molecule has 1 aromatic carbocycles. The van der Waals surface area contributed by atoms with E-state index >= 15 is 0 Å². The van der Waals surface area contributed by atoms with Gasteiger partial charge in [0, 0.05) is 12.0 Å². The molecule has 84 valence electrons. The smallest absolute Gasteiger partial charge is 0.327 e. The first-order valence-corrected chi connectivity index (χ1v) is 4.41. The molecule has 1 saturated carbocycles. The average Bonchev–Trinajstić information content (AvgIpc) is 2.81. The van der Waals surface area contributed by atoms with Crippen LogP contribution in [0, 0.1) is 0 Å². The van der Waals surface area contributed by atoms with E-state index in [1.807, 2.05) is 0 Å². The molecule has 0 aliphatic heterocycles. The molecule has 0 aromatic heterocycles. The Morgan fingerprint density at radius 2 is 1.60 bits per heavy atom. The normalized spacial score (nSPS) is 24.5. The highest BCUT2D eigenvalue weighted by Crippen LogP contribution is 2.39. The monoisotopic (exact) mass is 237 g/mol. The van der Waals surface area contributed by atoms with Crippen LogP contribution >= 0.6 is 12.4 Å².